The maximum Gasteiger partial charge on any atom is 0.0491 e. The van der Waals surface area contributed by atoms with E-state index in [1.54, 1.807) is 16.7 Å². The summed E-state index contributed by atoms with van der Waals surface area (Å²) < 4.78 is 2.37. The second kappa shape index (κ2) is 46.7. The number of likely N-dealkylation sites (N-methyl/N-ethyl adjacent to an activating group) is 1. The van der Waals surface area contributed by atoms with Gasteiger partial charge in [-0.05, 0) is 73.9 Å². The Kier molecular flexibility index (Phi) is 62.0. The molecule has 4 aromatic rings. The van der Waals surface area contributed by atoms with Crippen LogP contribution in [0, 0.1) is 5.92 Å². The van der Waals surface area contributed by atoms with Crippen LogP contribution in [0.15, 0.2) is 60.7 Å². The molecule has 3 aromatic carbocycles. The molecule has 2 heterocycles. The van der Waals surface area contributed by atoms with Crippen molar-refractivity contribution in [1.82, 2.24) is 4.57 Å². The Bertz CT molecular complexity index is 1280. The highest BCUT2D eigenvalue weighted by molar-refractivity contribution is 6.07. The Morgan fingerprint density at radius 1 is 0.500 bits per heavy atom. The van der Waals surface area contributed by atoms with Gasteiger partial charge in [0.25, 0.3) is 0 Å². The van der Waals surface area contributed by atoms with E-state index in [2.05, 4.69) is 139 Å². The number of fused-ring (bicyclic) bond motifs is 5. The third-order valence-electron chi connectivity index (χ3n) is 8.53. The van der Waals surface area contributed by atoms with Crippen LogP contribution < -0.4 is 4.90 Å². The van der Waals surface area contributed by atoms with Crippen molar-refractivity contribution in [3.05, 3.63) is 77.4 Å². The molecule has 1 aliphatic heterocycles. The highest BCUT2D eigenvalue weighted by Gasteiger charge is 2.35. The van der Waals surface area contributed by atoms with Gasteiger partial charge in [0, 0.05) is 61.0 Å². The molecule has 6 rings (SSSR count). The first kappa shape index (κ1) is 74.3. The topological polar surface area (TPSA) is 8.17 Å². The molecule has 1 aliphatic carbocycles. The fourth-order valence-electron chi connectivity index (χ4n) is 6.26. The number of rotatable bonds is 2. The molecule has 0 fully saturated rings. The molecule has 4 atom stereocenters. The number of nitrogens with zero attached hydrogens (tertiary/aromatic N) is 2. The number of hydrogen-bond donors (Lipinski definition) is 0. The van der Waals surface area contributed by atoms with E-state index in [-0.39, 0.29) is 38.1 Å². The molecule has 2 aliphatic rings. The third kappa shape index (κ3) is 20.7. The van der Waals surface area contributed by atoms with Crippen LogP contribution in [-0.4, -0.2) is 25.6 Å². The summed E-state index contributed by atoms with van der Waals surface area (Å²) in [4.78, 5) is 2.58. The van der Waals surface area contributed by atoms with Gasteiger partial charge in [0.15, 0.2) is 0 Å². The Labute approximate surface area is 359 Å². The van der Waals surface area contributed by atoms with Crippen molar-refractivity contribution < 1.29 is 0 Å². The summed E-state index contributed by atoms with van der Waals surface area (Å²) in [5, 5.41) is 2.71. The number of para-hydroxylation sites is 2. The monoisotopic (exact) mass is 782 g/mol. The fraction of sp³-hybridized carbons (Fsp3) is 0.660. The average Bonchev–Trinajstić information content (AvgIpc) is 3.77. The van der Waals surface area contributed by atoms with E-state index >= 15 is 0 Å². The lowest BCUT2D eigenvalue weighted by molar-refractivity contribution is 0.531. The molecule has 0 saturated heterocycles. The van der Waals surface area contributed by atoms with Crippen LogP contribution in [0.3, 0.4) is 0 Å². The number of benzene rings is 3. The summed E-state index contributed by atoms with van der Waals surface area (Å²) in [5.41, 5.74) is 9.00. The minimum absolute atomic E-state index is 0. The van der Waals surface area contributed by atoms with Crippen molar-refractivity contribution in [3.63, 3.8) is 0 Å². The van der Waals surface area contributed by atoms with Gasteiger partial charge in [-0.25, -0.2) is 0 Å². The van der Waals surface area contributed by atoms with Crippen LogP contribution in [0.1, 0.15) is 223 Å². The number of aryl methyl sites for hydroxylation is 1. The summed E-state index contributed by atoms with van der Waals surface area (Å²) in [6.07, 6.45) is 3.77. The lowest BCUT2D eigenvalue weighted by atomic mass is 9.93. The molecule has 0 spiro atoms. The van der Waals surface area contributed by atoms with Gasteiger partial charge in [0.05, 0.1) is 0 Å². The smallest absolute Gasteiger partial charge is 0.0491 e. The lowest BCUT2D eigenvalue weighted by Crippen LogP contribution is -2.30. The highest BCUT2D eigenvalue weighted by Crippen LogP contribution is 2.47. The predicted octanol–water partition coefficient (Wildman–Crippen LogP) is 19.3. The van der Waals surface area contributed by atoms with E-state index < -0.39 is 0 Å². The Hall–Kier alpha value is -2.68. The van der Waals surface area contributed by atoms with Crippen LogP contribution in [0.25, 0.3) is 21.8 Å². The summed E-state index contributed by atoms with van der Waals surface area (Å²) in [5.74, 6) is 2.22. The second-order valence-corrected chi connectivity index (χ2v) is 11.6. The molecule has 0 bridgehead atoms. The molecule has 0 amide bonds. The van der Waals surface area contributed by atoms with E-state index in [0.29, 0.717) is 12.0 Å². The zero-order valence-corrected chi connectivity index (χ0v) is 39.1. The molecule has 2 nitrogen and oxygen atoms in total. The first-order chi connectivity index (χ1) is 24.8. The molecule has 3 heteroatoms. The van der Waals surface area contributed by atoms with E-state index in [1.807, 2.05) is 83.1 Å². The van der Waals surface area contributed by atoms with Crippen LogP contribution in [0.2, 0.25) is 0 Å². The Balaban J connectivity index is -0.0000000757. The normalized spacial score (nSPS) is 15.1. The van der Waals surface area contributed by atoms with Crippen LogP contribution in [0.5, 0.6) is 0 Å². The van der Waals surface area contributed by atoms with Crippen molar-refractivity contribution in [1.29, 1.82) is 0 Å². The SMILES string of the molecule is C.C.C.C.CC.CC.CC.CC.CC.CC.CCC.CCC.CCN1c2cc3c(cc2[C@H](C)[C@@H]1C)C[C@@H](C)[C@H]3C.CCn1c2ccccc2c2ccccc21.[B]. The summed E-state index contributed by atoms with van der Waals surface area (Å²) in [7, 11) is 0. The zero-order chi connectivity index (χ0) is 40.7. The van der Waals surface area contributed by atoms with Gasteiger partial charge in [0.1, 0.15) is 0 Å². The lowest BCUT2D eigenvalue weighted by Gasteiger charge is -2.25. The van der Waals surface area contributed by atoms with Gasteiger partial charge in [-0.2, -0.15) is 0 Å². The number of anilines is 1. The van der Waals surface area contributed by atoms with Gasteiger partial charge in [-0.1, -0.05) is 217 Å². The van der Waals surface area contributed by atoms with Gasteiger partial charge < -0.3 is 9.47 Å². The maximum atomic E-state index is 2.58. The molecule has 331 valence electrons. The van der Waals surface area contributed by atoms with Crippen LogP contribution in [0.4, 0.5) is 5.69 Å². The first-order valence-corrected chi connectivity index (χ1v) is 21.7. The van der Waals surface area contributed by atoms with Crippen molar-refractivity contribution in [2.24, 2.45) is 5.92 Å². The van der Waals surface area contributed by atoms with Crippen molar-refractivity contribution in [3.8, 4) is 0 Å². The minimum Gasteiger partial charge on any atom is -0.368 e. The number of aromatic nitrogens is 1. The quantitative estimate of drug-likeness (QED) is 0.184. The molecule has 0 N–H and O–H groups in total. The molecule has 0 saturated carbocycles. The zero-order valence-electron chi connectivity index (χ0n) is 39.1. The van der Waals surface area contributed by atoms with Crippen molar-refractivity contribution in [2.45, 2.75) is 226 Å². The summed E-state index contributed by atoms with van der Waals surface area (Å²) >= 11 is 0. The minimum atomic E-state index is 0. The van der Waals surface area contributed by atoms with E-state index in [4.69, 9.17) is 0 Å². The van der Waals surface area contributed by atoms with Crippen molar-refractivity contribution >= 4 is 35.9 Å². The molecular weight excluding hydrogens is 675 g/mol. The highest BCUT2D eigenvalue weighted by atomic mass is 15.2. The third-order valence-corrected chi connectivity index (χ3v) is 8.53. The van der Waals surface area contributed by atoms with E-state index in [1.165, 1.54) is 46.8 Å². The standard InChI is InChI=1S/C17H25N.C14H13N.2C3H8.6C2H6.4CH4.B/c1-6-18-13(5)12(4)16-8-14-7-10(2)11(3)15(14)9-17(16)18;1-2-15-13-9-5-3-7-11(13)12-8-4-6-10-14(12)15;2*1-3-2;6*1-2;;;;;/h8-13H,6-7H2,1-5H3;3-10H,2H2,1H3;2*3H2,1-2H3;6*1-2H3;4*1H4;/t10-,11-,12-,13+;;;;;;;;;;;;;;/m1............../s1. The average molecular weight is 782 g/mol. The largest absolute Gasteiger partial charge is 0.368 e. The van der Waals surface area contributed by atoms with Gasteiger partial charge >= 0.3 is 0 Å². The van der Waals surface area contributed by atoms with E-state index in [0.717, 1.165) is 24.9 Å². The summed E-state index contributed by atoms with van der Waals surface area (Å²) in [6, 6.07) is 22.9. The van der Waals surface area contributed by atoms with Crippen LogP contribution in [-0.2, 0) is 13.0 Å². The Morgan fingerprint density at radius 3 is 1.20 bits per heavy atom. The molecule has 3 radical (unpaired) electrons. The van der Waals surface area contributed by atoms with Gasteiger partial charge in [-0.15, -0.1) is 0 Å². The molecular formula is C53H106BN2. The fourth-order valence-corrected chi connectivity index (χ4v) is 6.26. The predicted molar refractivity (Wildman–Crippen MR) is 276 cm³/mol. The number of hydrogen-bond acceptors (Lipinski definition) is 1. The van der Waals surface area contributed by atoms with Gasteiger partial charge in [0.2, 0.25) is 0 Å². The summed E-state index contributed by atoms with van der Waals surface area (Å²) in [6.45, 7) is 48.6. The van der Waals surface area contributed by atoms with Crippen molar-refractivity contribution in [2.75, 3.05) is 11.4 Å². The molecule has 56 heavy (non-hydrogen) atoms. The first-order valence-electron chi connectivity index (χ1n) is 21.7. The molecule has 1 aromatic heterocycles. The second-order valence-electron chi connectivity index (χ2n) is 11.6. The Morgan fingerprint density at radius 2 is 0.857 bits per heavy atom. The maximum absolute atomic E-state index is 2.58. The van der Waals surface area contributed by atoms with Crippen LogP contribution >= 0.6 is 0 Å². The molecule has 0 unspecified atom stereocenters. The van der Waals surface area contributed by atoms with E-state index in [9.17, 15) is 0 Å². The van der Waals surface area contributed by atoms with Gasteiger partial charge in [-0.3, -0.25) is 0 Å².